The van der Waals surface area contributed by atoms with Gasteiger partial charge in [0.1, 0.15) is 5.75 Å². The number of aryl methyl sites for hydroxylation is 1. The zero-order chi connectivity index (χ0) is 16.8. The van der Waals surface area contributed by atoms with Crippen molar-refractivity contribution in [1.29, 1.82) is 0 Å². The predicted octanol–water partition coefficient (Wildman–Crippen LogP) is 3.71. The van der Waals surface area contributed by atoms with Gasteiger partial charge >= 0.3 is 0 Å². The van der Waals surface area contributed by atoms with Gasteiger partial charge in [0.2, 0.25) is 0 Å². The van der Waals surface area contributed by atoms with E-state index >= 15 is 0 Å². The number of benzene rings is 2. The third-order valence-corrected chi connectivity index (χ3v) is 4.63. The molecule has 1 aliphatic rings. The Balaban J connectivity index is 1.45. The maximum atomic E-state index is 5.51. The first-order chi connectivity index (χ1) is 11.7. The normalized spacial score (nSPS) is 16.2. The Morgan fingerprint density at radius 3 is 1.67 bits per heavy atom. The Morgan fingerprint density at radius 1 is 0.750 bits per heavy atom. The molecule has 0 saturated carbocycles. The van der Waals surface area contributed by atoms with Crippen LogP contribution in [0.15, 0.2) is 48.5 Å². The minimum atomic E-state index is 0.724. The Kier molecular flexibility index (Phi) is 5.89. The molecule has 0 radical (unpaired) electrons. The summed E-state index contributed by atoms with van der Waals surface area (Å²) in [5.74, 6) is 0.962. The van der Waals surface area contributed by atoms with Crippen LogP contribution in [0.4, 0.5) is 0 Å². The molecule has 2 aromatic rings. The number of rotatable bonds is 6. The summed E-state index contributed by atoms with van der Waals surface area (Å²) >= 11 is 0. The van der Waals surface area contributed by atoms with Crippen LogP contribution in [0.2, 0.25) is 0 Å². The second-order valence-corrected chi connectivity index (χ2v) is 6.61. The number of ether oxygens (including phenoxy) is 1. The quantitative estimate of drug-likeness (QED) is 0.805. The van der Waals surface area contributed by atoms with Crippen LogP contribution in [0, 0.1) is 6.92 Å². The van der Waals surface area contributed by atoms with Crippen LogP contribution >= 0.6 is 0 Å². The van der Waals surface area contributed by atoms with Crippen LogP contribution in [0.3, 0.4) is 0 Å². The predicted molar refractivity (Wildman–Crippen MR) is 99.3 cm³/mol. The number of hydrogen-bond donors (Lipinski definition) is 0. The highest BCUT2D eigenvalue weighted by atomic mass is 16.5. The molecule has 0 bridgehead atoms. The summed E-state index contributed by atoms with van der Waals surface area (Å²) in [4.78, 5) is 5.10. The smallest absolute Gasteiger partial charge is 0.119 e. The summed E-state index contributed by atoms with van der Waals surface area (Å²) in [6, 6.07) is 17.4. The molecule has 0 aliphatic carbocycles. The summed E-state index contributed by atoms with van der Waals surface area (Å²) < 4.78 is 5.51. The molecule has 0 spiro atoms. The van der Waals surface area contributed by atoms with Crippen LogP contribution in [-0.4, -0.2) is 42.6 Å². The molecule has 2 aromatic carbocycles. The second kappa shape index (κ2) is 8.32. The van der Waals surface area contributed by atoms with E-state index in [-0.39, 0.29) is 0 Å². The van der Waals surface area contributed by atoms with E-state index in [0.717, 1.165) is 51.6 Å². The van der Waals surface area contributed by atoms with Gasteiger partial charge in [-0.1, -0.05) is 42.0 Å². The molecule has 3 heteroatoms. The molecule has 128 valence electrons. The molecule has 1 aliphatic heterocycles. The Morgan fingerprint density at radius 2 is 1.21 bits per heavy atom. The van der Waals surface area contributed by atoms with Crippen LogP contribution in [0.1, 0.15) is 23.6 Å². The molecule has 1 fully saturated rings. The third kappa shape index (κ3) is 4.83. The van der Waals surface area contributed by atoms with E-state index in [0.29, 0.717) is 0 Å². The number of hydrogen-bond acceptors (Lipinski definition) is 3. The van der Waals surface area contributed by atoms with E-state index in [9.17, 15) is 0 Å². The molecule has 0 unspecified atom stereocenters. The SMILES string of the molecule is CCOc1ccc(CN2CCN(Cc3ccc(C)cc3)CC2)cc1. The molecule has 0 N–H and O–H groups in total. The molecular formula is C21H28N2O. The Labute approximate surface area is 145 Å². The van der Waals surface area contributed by atoms with Crippen molar-refractivity contribution < 1.29 is 4.74 Å². The molecule has 1 saturated heterocycles. The van der Waals surface area contributed by atoms with E-state index in [1.165, 1.54) is 16.7 Å². The fraction of sp³-hybridized carbons (Fsp3) is 0.429. The summed E-state index contributed by atoms with van der Waals surface area (Å²) in [5, 5.41) is 0. The van der Waals surface area contributed by atoms with Crippen LogP contribution < -0.4 is 4.74 Å². The molecule has 3 rings (SSSR count). The fourth-order valence-corrected chi connectivity index (χ4v) is 3.17. The van der Waals surface area contributed by atoms with Gasteiger partial charge < -0.3 is 4.74 Å². The summed E-state index contributed by atoms with van der Waals surface area (Å²) in [5.41, 5.74) is 4.12. The monoisotopic (exact) mass is 324 g/mol. The minimum Gasteiger partial charge on any atom is -0.494 e. The van der Waals surface area contributed by atoms with Crippen molar-refractivity contribution in [2.75, 3.05) is 32.8 Å². The summed E-state index contributed by atoms with van der Waals surface area (Å²) in [6.45, 7) is 11.5. The summed E-state index contributed by atoms with van der Waals surface area (Å²) in [7, 11) is 0. The van der Waals surface area contributed by atoms with Crippen molar-refractivity contribution in [3.63, 3.8) is 0 Å². The first kappa shape index (κ1) is 17.0. The minimum absolute atomic E-state index is 0.724. The Bertz CT molecular complexity index is 613. The largest absolute Gasteiger partial charge is 0.494 e. The van der Waals surface area contributed by atoms with Crippen LogP contribution in [0.25, 0.3) is 0 Å². The van der Waals surface area contributed by atoms with Crippen LogP contribution in [-0.2, 0) is 13.1 Å². The topological polar surface area (TPSA) is 15.7 Å². The lowest BCUT2D eigenvalue weighted by Gasteiger charge is -2.34. The van der Waals surface area contributed by atoms with Gasteiger partial charge in [-0.25, -0.2) is 0 Å². The Hall–Kier alpha value is -1.84. The van der Waals surface area contributed by atoms with Gasteiger partial charge in [0.15, 0.2) is 0 Å². The molecule has 0 amide bonds. The zero-order valence-electron chi connectivity index (χ0n) is 14.9. The molecule has 1 heterocycles. The fourth-order valence-electron chi connectivity index (χ4n) is 3.17. The first-order valence-electron chi connectivity index (χ1n) is 8.95. The van der Waals surface area contributed by atoms with Gasteiger partial charge in [0.25, 0.3) is 0 Å². The van der Waals surface area contributed by atoms with E-state index < -0.39 is 0 Å². The van der Waals surface area contributed by atoms with Gasteiger partial charge in [0.05, 0.1) is 6.61 Å². The standard InChI is InChI=1S/C21H28N2O/c1-3-24-21-10-8-20(9-11-21)17-23-14-12-22(13-15-23)16-19-6-4-18(2)5-7-19/h4-11H,3,12-17H2,1-2H3. The molecular weight excluding hydrogens is 296 g/mol. The van der Waals surface area contributed by atoms with E-state index in [1.807, 2.05) is 6.92 Å². The molecule has 24 heavy (non-hydrogen) atoms. The van der Waals surface area contributed by atoms with Crippen molar-refractivity contribution in [1.82, 2.24) is 9.80 Å². The third-order valence-electron chi connectivity index (χ3n) is 4.63. The summed E-state index contributed by atoms with van der Waals surface area (Å²) in [6.07, 6.45) is 0. The number of piperazine rings is 1. The average Bonchev–Trinajstić information content (AvgIpc) is 2.61. The highest BCUT2D eigenvalue weighted by Gasteiger charge is 2.17. The maximum absolute atomic E-state index is 5.51. The van der Waals surface area contributed by atoms with Crippen molar-refractivity contribution in [3.8, 4) is 5.75 Å². The lowest BCUT2D eigenvalue weighted by Crippen LogP contribution is -2.45. The lowest BCUT2D eigenvalue weighted by molar-refractivity contribution is 0.122. The van der Waals surface area contributed by atoms with E-state index in [1.54, 1.807) is 0 Å². The van der Waals surface area contributed by atoms with Gasteiger partial charge in [-0.2, -0.15) is 0 Å². The van der Waals surface area contributed by atoms with Crippen molar-refractivity contribution >= 4 is 0 Å². The molecule has 0 atom stereocenters. The maximum Gasteiger partial charge on any atom is 0.119 e. The van der Waals surface area contributed by atoms with Crippen molar-refractivity contribution in [2.45, 2.75) is 26.9 Å². The van der Waals surface area contributed by atoms with Crippen molar-refractivity contribution in [3.05, 3.63) is 65.2 Å². The highest BCUT2D eigenvalue weighted by Crippen LogP contribution is 2.15. The molecule has 0 aromatic heterocycles. The highest BCUT2D eigenvalue weighted by molar-refractivity contribution is 5.27. The van der Waals surface area contributed by atoms with Crippen molar-refractivity contribution in [2.24, 2.45) is 0 Å². The lowest BCUT2D eigenvalue weighted by atomic mass is 10.1. The first-order valence-corrected chi connectivity index (χ1v) is 8.95. The molecule has 3 nitrogen and oxygen atoms in total. The van der Waals surface area contributed by atoms with Crippen LogP contribution in [0.5, 0.6) is 5.75 Å². The van der Waals surface area contributed by atoms with Gasteiger partial charge in [-0.05, 0) is 37.1 Å². The van der Waals surface area contributed by atoms with E-state index in [2.05, 4.69) is 65.3 Å². The number of nitrogens with zero attached hydrogens (tertiary/aromatic N) is 2. The second-order valence-electron chi connectivity index (χ2n) is 6.61. The van der Waals surface area contributed by atoms with E-state index in [4.69, 9.17) is 4.74 Å². The van der Waals surface area contributed by atoms with Gasteiger partial charge in [0, 0.05) is 39.3 Å². The van der Waals surface area contributed by atoms with Gasteiger partial charge in [-0.15, -0.1) is 0 Å². The zero-order valence-corrected chi connectivity index (χ0v) is 14.9. The average molecular weight is 324 g/mol. The van der Waals surface area contributed by atoms with Gasteiger partial charge in [-0.3, -0.25) is 9.80 Å².